The number of nitriles is 1. The van der Waals surface area contributed by atoms with E-state index in [9.17, 15) is 0 Å². The van der Waals surface area contributed by atoms with Gasteiger partial charge in [-0.2, -0.15) is 5.26 Å². The second kappa shape index (κ2) is 15.9. The first-order chi connectivity index (χ1) is 16.1. The Labute approximate surface area is 208 Å². The highest BCUT2D eigenvalue weighted by Crippen LogP contribution is 2.36. The van der Waals surface area contributed by atoms with Crippen molar-refractivity contribution in [2.75, 3.05) is 13.1 Å². The average Bonchev–Trinajstić information content (AvgIpc) is 2.85. The van der Waals surface area contributed by atoms with Crippen molar-refractivity contribution in [3.8, 4) is 6.07 Å². The van der Waals surface area contributed by atoms with Crippen LogP contribution in [-0.4, -0.2) is 29.4 Å². The second-order valence-corrected chi connectivity index (χ2v) is 9.81. The summed E-state index contributed by atoms with van der Waals surface area (Å²) in [5, 5.41) is 7.64. The molecule has 1 saturated carbocycles. The van der Waals surface area contributed by atoms with Crippen molar-refractivity contribution in [2.45, 2.75) is 95.9 Å². The predicted octanol–water partition coefficient (Wildman–Crippen LogP) is 8.15. The number of nitrogens with zero attached hydrogens (tertiary/aromatic N) is 2. The molecule has 0 aliphatic heterocycles. The van der Waals surface area contributed by atoms with Crippen LogP contribution >= 0.6 is 11.6 Å². The molecular weight excluding hydrogens is 424 g/mol. The Balaban J connectivity index is 0.00000122. The molecule has 0 N–H and O–H groups in total. The highest BCUT2D eigenvalue weighted by molar-refractivity contribution is 6.21. The first-order valence-corrected chi connectivity index (χ1v) is 13.4. The molecule has 0 heterocycles. The van der Waals surface area contributed by atoms with E-state index in [0.29, 0.717) is 17.3 Å². The number of hydrogen-bond donors (Lipinski definition) is 0. The fourth-order valence-corrected chi connectivity index (χ4v) is 5.48. The van der Waals surface area contributed by atoms with Gasteiger partial charge in [0.2, 0.25) is 0 Å². The standard InChI is InChI=1S/C28H40ClN.C2H3N/c1-3-21-30(22-20-23-10-6-5-7-11-23)26(4-2)19-16-24-14-17-25(18-15-24)27-12-8-9-13-28(27)29;1-2-3/h5-7,10-11,14-15,17-18,26-28H,3-4,8-9,12-13,16,19-22H2,1-2H3;1H3. The maximum Gasteiger partial charge on any atom is 0.0587 e. The van der Waals surface area contributed by atoms with Crippen LogP contribution in [0.2, 0.25) is 0 Å². The van der Waals surface area contributed by atoms with Crippen molar-refractivity contribution in [2.24, 2.45) is 0 Å². The van der Waals surface area contributed by atoms with Gasteiger partial charge in [-0.15, -0.1) is 11.6 Å². The predicted molar refractivity (Wildman–Crippen MR) is 143 cm³/mol. The van der Waals surface area contributed by atoms with E-state index in [1.807, 2.05) is 0 Å². The number of halogens is 1. The van der Waals surface area contributed by atoms with Gasteiger partial charge in [0.05, 0.1) is 6.07 Å². The quantitative estimate of drug-likeness (QED) is 0.312. The van der Waals surface area contributed by atoms with Crippen molar-refractivity contribution in [1.29, 1.82) is 5.26 Å². The van der Waals surface area contributed by atoms with Gasteiger partial charge < -0.3 is 4.90 Å². The Morgan fingerprint density at radius 3 is 2.18 bits per heavy atom. The van der Waals surface area contributed by atoms with Crippen molar-refractivity contribution in [3.63, 3.8) is 0 Å². The highest BCUT2D eigenvalue weighted by atomic mass is 35.5. The molecule has 3 heteroatoms. The summed E-state index contributed by atoms with van der Waals surface area (Å²) in [6, 6.07) is 22.7. The molecule has 3 unspecified atom stereocenters. The van der Waals surface area contributed by atoms with Crippen LogP contribution in [0.1, 0.15) is 88.3 Å². The summed E-state index contributed by atoms with van der Waals surface area (Å²) in [6.07, 6.45) is 11.0. The lowest BCUT2D eigenvalue weighted by atomic mass is 9.83. The lowest BCUT2D eigenvalue weighted by Crippen LogP contribution is -2.37. The van der Waals surface area contributed by atoms with Gasteiger partial charge in [0.25, 0.3) is 0 Å². The van der Waals surface area contributed by atoms with E-state index >= 15 is 0 Å². The van der Waals surface area contributed by atoms with E-state index in [0.717, 1.165) is 13.0 Å². The molecule has 180 valence electrons. The molecule has 2 nitrogen and oxygen atoms in total. The maximum absolute atomic E-state index is 7.32. The third-order valence-electron chi connectivity index (χ3n) is 6.88. The minimum Gasteiger partial charge on any atom is -0.300 e. The van der Waals surface area contributed by atoms with E-state index in [1.165, 1.54) is 81.5 Å². The van der Waals surface area contributed by atoms with Crippen LogP contribution in [0.5, 0.6) is 0 Å². The molecule has 0 amide bonds. The zero-order valence-electron chi connectivity index (χ0n) is 21.0. The summed E-state index contributed by atoms with van der Waals surface area (Å²) in [5.41, 5.74) is 4.36. The molecule has 1 aliphatic rings. The molecule has 2 aromatic carbocycles. The normalized spacial score (nSPS) is 18.8. The van der Waals surface area contributed by atoms with Crippen LogP contribution in [0.3, 0.4) is 0 Å². The van der Waals surface area contributed by atoms with Gasteiger partial charge in [-0.3, -0.25) is 0 Å². The summed E-state index contributed by atoms with van der Waals surface area (Å²) >= 11 is 6.61. The number of hydrogen-bond acceptors (Lipinski definition) is 2. The number of aryl methyl sites for hydroxylation is 1. The molecule has 0 aromatic heterocycles. The van der Waals surface area contributed by atoms with Gasteiger partial charge >= 0.3 is 0 Å². The molecule has 2 aromatic rings. The van der Waals surface area contributed by atoms with Gasteiger partial charge in [-0.25, -0.2) is 0 Å². The van der Waals surface area contributed by atoms with Gasteiger partial charge in [-0.1, -0.05) is 81.3 Å². The third kappa shape index (κ3) is 9.52. The SMILES string of the molecule is CC#N.CCCN(CCc1ccccc1)C(CC)CCc1ccc(C2CCCCC2Cl)cc1. The number of rotatable bonds is 11. The van der Waals surface area contributed by atoms with Crippen molar-refractivity contribution in [3.05, 3.63) is 71.3 Å². The lowest BCUT2D eigenvalue weighted by Gasteiger charge is -2.31. The van der Waals surface area contributed by atoms with Crippen LogP contribution in [0.15, 0.2) is 54.6 Å². The van der Waals surface area contributed by atoms with Crippen LogP contribution in [0, 0.1) is 11.3 Å². The van der Waals surface area contributed by atoms with Crippen molar-refractivity contribution in [1.82, 2.24) is 4.90 Å². The van der Waals surface area contributed by atoms with Crippen molar-refractivity contribution >= 4 is 11.6 Å². The van der Waals surface area contributed by atoms with Gasteiger partial charge in [0.15, 0.2) is 0 Å². The zero-order valence-corrected chi connectivity index (χ0v) is 21.7. The van der Waals surface area contributed by atoms with Crippen LogP contribution < -0.4 is 0 Å². The topological polar surface area (TPSA) is 27.0 Å². The molecule has 1 aliphatic carbocycles. The molecule has 3 atom stereocenters. The minimum atomic E-state index is 0.321. The zero-order chi connectivity index (χ0) is 23.9. The molecule has 0 saturated heterocycles. The maximum atomic E-state index is 7.32. The Morgan fingerprint density at radius 2 is 1.58 bits per heavy atom. The first-order valence-electron chi connectivity index (χ1n) is 12.9. The lowest BCUT2D eigenvalue weighted by molar-refractivity contribution is 0.183. The molecule has 3 rings (SSSR count). The molecule has 0 spiro atoms. The van der Waals surface area contributed by atoms with E-state index in [2.05, 4.69) is 73.3 Å². The molecular formula is C30H43ClN2. The summed E-state index contributed by atoms with van der Waals surface area (Å²) in [4.78, 5) is 2.72. The minimum absolute atomic E-state index is 0.321. The van der Waals surface area contributed by atoms with E-state index in [4.69, 9.17) is 16.9 Å². The van der Waals surface area contributed by atoms with Gasteiger partial charge in [0, 0.05) is 30.8 Å². The summed E-state index contributed by atoms with van der Waals surface area (Å²) < 4.78 is 0. The van der Waals surface area contributed by atoms with Crippen LogP contribution in [0.25, 0.3) is 0 Å². The second-order valence-electron chi connectivity index (χ2n) is 9.24. The van der Waals surface area contributed by atoms with Gasteiger partial charge in [-0.05, 0) is 68.2 Å². The Morgan fingerprint density at radius 1 is 0.939 bits per heavy atom. The van der Waals surface area contributed by atoms with Crippen LogP contribution in [-0.2, 0) is 12.8 Å². The molecule has 0 bridgehead atoms. The fraction of sp³-hybridized carbons (Fsp3) is 0.567. The highest BCUT2D eigenvalue weighted by Gasteiger charge is 2.24. The number of benzene rings is 2. The largest absolute Gasteiger partial charge is 0.300 e. The van der Waals surface area contributed by atoms with E-state index < -0.39 is 0 Å². The Bertz CT molecular complexity index is 796. The molecule has 0 radical (unpaired) electrons. The molecule has 1 fully saturated rings. The van der Waals surface area contributed by atoms with E-state index in [-0.39, 0.29) is 0 Å². The average molecular weight is 467 g/mol. The first kappa shape index (κ1) is 27.4. The fourth-order valence-electron chi connectivity index (χ4n) is 5.05. The third-order valence-corrected chi connectivity index (χ3v) is 7.41. The Kier molecular flexibility index (Phi) is 13.2. The smallest absolute Gasteiger partial charge is 0.0587 e. The Hall–Kier alpha value is -1.82. The summed E-state index contributed by atoms with van der Waals surface area (Å²) in [6.45, 7) is 8.44. The monoisotopic (exact) mass is 466 g/mol. The summed E-state index contributed by atoms with van der Waals surface area (Å²) in [7, 11) is 0. The van der Waals surface area contributed by atoms with Gasteiger partial charge in [0.1, 0.15) is 0 Å². The van der Waals surface area contributed by atoms with E-state index in [1.54, 1.807) is 6.07 Å². The van der Waals surface area contributed by atoms with Crippen molar-refractivity contribution < 1.29 is 0 Å². The summed E-state index contributed by atoms with van der Waals surface area (Å²) in [5.74, 6) is 0.552. The number of alkyl halides is 1. The molecule has 33 heavy (non-hydrogen) atoms. The van der Waals surface area contributed by atoms with Crippen LogP contribution in [0.4, 0.5) is 0 Å².